The van der Waals surface area contributed by atoms with Crippen molar-refractivity contribution >= 4 is 34.4 Å². The molecule has 4 heterocycles. The largest absolute Gasteiger partial charge is 0.416 e. The molecule has 0 aliphatic carbocycles. The fourth-order valence-corrected chi connectivity index (χ4v) is 8.79. The van der Waals surface area contributed by atoms with E-state index in [0.717, 1.165) is 137 Å². The SMILES string of the molecule is Nc1c(-c2ccc(Cl)cc2)ccnc1CCCCN1CCN(c2cccc(C(F)(F)F)c2)CC1.Nc1c(-c2ccc(F)cc2)ccnc1CCCCN1CCN(c2cccc(C(F)(F)F)c2)CC1. The molecule has 0 spiro atoms. The third-order valence-corrected chi connectivity index (χ3v) is 12.8. The number of hydrogen-bond donors (Lipinski definition) is 2. The molecule has 4 aromatic carbocycles. The van der Waals surface area contributed by atoms with E-state index in [0.29, 0.717) is 40.9 Å². The van der Waals surface area contributed by atoms with Crippen LogP contribution in [0.2, 0.25) is 5.02 Å². The van der Waals surface area contributed by atoms with E-state index in [1.165, 1.54) is 36.4 Å². The Labute approximate surface area is 398 Å². The summed E-state index contributed by atoms with van der Waals surface area (Å²) in [7, 11) is 0. The third-order valence-electron chi connectivity index (χ3n) is 12.6. The lowest BCUT2D eigenvalue weighted by molar-refractivity contribution is -0.138. The minimum absolute atomic E-state index is 0.285. The molecular formula is C52H56ClF7N8. The first kappa shape index (κ1) is 50.0. The second-order valence-corrected chi connectivity index (χ2v) is 17.6. The highest BCUT2D eigenvalue weighted by atomic mass is 35.5. The lowest BCUT2D eigenvalue weighted by Crippen LogP contribution is -2.46. The minimum atomic E-state index is -4.32. The lowest BCUT2D eigenvalue weighted by Gasteiger charge is -2.36. The van der Waals surface area contributed by atoms with Crippen molar-refractivity contribution in [3.63, 3.8) is 0 Å². The summed E-state index contributed by atoms with van der Waals surface area (Å²) in [6.45, 7) is 8.03. The van der Waals surface area contributed by atoms with Crippen molar-refractivity contribution < 1.29 is 30.7 Å². The summed E-state index contributed by atoms with van der Waals surface area (Å²) in [6, 6.07) is 28.8. The molecule has 0 atom stereocenters. The van der Waals surface area contributed by atoms with Crippen molar-refractivity contribution in [2.75, 3.05) is 86.7 Å². The molecule has 0 radical (unpaired) electrons. The molecule has 8 nitrogen and oxygen atoms in total. The number of nitrogen functional groups attached to an aromatic ring is 2. The molecule has 2 aliphatic rings. The number of anilines is 4. The standard InChI is InChI=1S/C26H28ClF3N4.C26H28F4N4/c2*27-21-9-7-19(8-10-21)23-11-12-32-24(25(23)31)6-1-2-13-33-14-16-34(17-15-33)22-5-3-4-20(18-22)26(28,29)30/h2*3-5,7-12,18H,1-2,6,13-17,31H2. The van der Waals surface area contributed by atoms with Gasteiger partial charge in [-0.3, -0.25) is 19.8 Å². The average molecular weight is 962 g/mol. The topological polar surface area (TPSA) is 90.8 Å². The van der Waals surface area contributed by atoms with Gasteiger partial charge in [-0.15, -0.1) is 0 Å². The van der Waals surface area contributed by atoms with Gasteiger partial charge >= 0.3 is 12.4 Å². The Hall–Kier alpha value is -5.90. The van der Waals surface area contributed by atoms with Gasteiger partial charge in [-0.2, -0.15) is 26.3 Å². The number of halogens is 8. The highest BCUT2D eigenvalue weighted by Crippen LogP contribution is 2.34. The number of nitrogens with two attached hydrogens (primary N) is 2. The molecule has 360 valence electrons. The number of aromatic nitrogens is 2. The van der Waals surface area contributed by atoms with Gasteiger partial charge in [-0.1, -0.05) is 48.0 Å². The van der Waals surface area contributed by atoms with Crippen LogP contribution in [0.15, 0.2) is 122 Å². The number of piperazine rings is 2. The molecule has 16 heteroatoms. The first-order chi connectivity index (χ1) is 32.6. The molecule has 8 rings (SSSR count). The van der Waals surface area contributed by atoms with Gasteiger partial charge in [0.05, 0.1) is 33.9 Å². The molecule has 68 heavy (non-hydrogen) atoms. The number of hydrogen-bond acceptors (Lipinski definition) is 8. The highest BCUT2D eigenvalue weighted by molar-refractivity contribution is 6.30. The monoisotopic (exact) mass is 960 g/mol. The van der Waals surface area contributed by atoms with Crippen LogP contribution >= 0.6 is 11.6 Å². The summed E-state index contributed by atoms with van der Waals surface area (Å²) < 4.78 is 91.2. The van der Waals surface area contributed by atoms with Crippen molar-refractivity contribution in [1.82, 2.24) is 19.8 Å². The van der Waals surface area contributed by atoms with E-state index in [9.17, 15) is 30.7 Å². The number of alkyl halides is 6. The number of nitrogens with zero attached hydrogens (tertiary/aromatic N) is 6. The maximum Gasteiger partial charge on any atom is 0.416 e. The molecule has 6 aromatic rings. The Morgan fingerprint density at radius 3 is 1.29 bits per heavy atom. The molecule has 2 aromatic heterocycles. The van der Waals surface area contributed by atoms with Gasteiger partial charge in [-0.25, -0.2) is 4.39 Å². The minimum Gasteiger partial charge on any atom is -0.397 e. The molecule has 2 aliphatic heterocycles. The average Bonchev–Trinajstić information content (AvgIpc) is 3.33. The predicted octanol–water partition coefficient (Wildman–Crippen LogP) is 11.8. The van der Waals surface area contributed by atoms with Gasteiger partial charge in [0, 0.05) is 92.3 Å². The van der Waals surface area contributed by atoms with E-state index >= 15 is 0 Å². The Kier molecular flexibility index (Phi) is 16.9. The molecule has 4 N–H and O–H groups in total. The molecule has 0 amide bonds. The summed E-state index contributed by atoms with van der Waals surface area (Å²) in [5, 5.41) is 0.687. The molecular weight excluding hydrogens is 905 g/mol. The zero-order valence-electron chi connectivity index (χ0n) is 37.7. The van der Waals surface area contributed by atoms with Gasteiger partial charge < -0.3 is 21.3 Å². The zero-order chi connectivity index (χ0) is 48.3. The van der Waals surface area contributed by atoms with Gasteiger partial charge in [0.25, 0.3) is 0 Å². The fraction of sp³-hybridized carbons (Fsp3) is 0.346. The van der Waals surface area contributed by atoms with Crippen LogP contribution in [0.3, 0.4) is 0 Å². The van der Waals surface area contributed by atoms with E-state index in [4.69, 9.17) is 23.1 Å². The van der Waals surface area contributed by atoms with Gasteiger partial charge in [0.15, 0.2) is 0 Å². The van der Waals surface area contributed by atoms with Crippen molar-refractivity contribution in [2.45, 2.75) is 50.9 Å². The number of benzene rings is 4. The van der Waals surface area contributed by atoms with E-state index in [1.54, 1.807) is 36.7 Å². The summed E-state index contributed by atoms with van der Waals surface area (Å²) >= 11 is 5.99. The smallest absolute Gasteiger partial charge is 0.397 e. The number of pyridine rings is 2. The summed E-state index contributed by atoms with van der Waals surface area (Å²) in [4.78, 5) is 17.7. The Bertz CT molecular complexity index is 2360. The van der Waals surface area contributed by atoms with Gasteiger partial charge in [0.2, 0.25) is 0 Å². The lowest BCUT2D eigenvalue weighted by atomic mass is 10.0. The fourth-order valence-electron chi connectivity index (χ4n) is 8.67. The van der Waals surface area contributed by atoms with Crippen LogP contribution in [-0.2, 0) is 25.2 Å². The van der Waals surface area contributed by atoms with Crippen LogP contribution in [-0.4, -0.2) is 85.2 Å². The summed E-state index contributed by atoms with van der Waals surface area (Å²) in [5.41, 5.74) is 19.6. The predicted molar refractivity (Wildman–Crippen MR) is 259 cm³/mol. The summed E-state index contributed by atoms with van der Waals surface area (Å²) in [6.07, 6.45) is 0.329. The van der Waals surface area contributed by atoms with Gasteiger partial charge in [0.1, 0.15) is 5.82 Å². The zero-order valence-corrected chi connectivity index (χ0v) is 38.5. The maximum absolute atomic E-state index is 13.2. The van der Waals surface area contributed by atoms with Crippen molar-refractivity contribution in [1.29, 1.82) is 0 Å². The van der Waals surface area contributed by atoms with Crippen LogP contribution in [0.25, 0.3) is 22.3 Å². The molecule has 0 bridgehead atoms. The number of aryl methyl sites for hydroxylation is 2. The summed E-state index contributed by atoms with van der Waals surface area (Å²) in [5.74, 6) is -0.285. The van der Waals surface area contributed by atoms with Gasteiger partial charge in [-0.05, 0) is 136 Å². The Morgan fingerprint density at radius 2 is 0.897 bits per heavy atom. The first-order valence-electron chi connectivity index (χ1n) is 22.9. The highest BCUT2D eigenvalue weighted by Gasteiger charge is 2.32. The Balaban J connectivity index is 0.000000201. The van der Waals surface area contributed by atoms with Crippen molar-refractivity contribution in [2.24, 2.45) is 0 Å². The number of rotatable bonds is 14. The Morgan fingerprint density at radius 1 is 0.500 bits per heavy atom. The first-order valence-corrected chi connectivity index (χ1v) is 23.3. The quantitative estimate of drug-likeness (QED) is 0.0824. The van der Waals surface area contributed by atoms with Crippen LogP contribution in [0.1, 0.15) is 48.2 Å². The van der Waals surface area contributed by atoms with Crippen LogP contribution in [0.5, 0.6) is 0 Å². The van der Waals surface area contributed by atoms with E-state index in [-0.39, 0.29) is 5.82 Å². The normalized spacial score (nSPS) is 15.0. The maximum atomic E-state index is 13.2. The molecule has 0 saturated carbocycles. The van der Waals surface area contributed by atoms with E-state index in [2.05, 4.69) is 19.8 Å². The molecule has 2 fully saturated rings. The van der Waals surface area contributed by atoms with E-state index in [1.807, 2.05) is 46.2 Å². The molecule has 0 unspecified atom stereocenters. The van der Waals surface area contributed by atoms with Crippen LogP contribution < -0.4 is 21.3 Å². The second-order valence-electron chi connectivity index (χ2n) is 17.1. The van der Waals surface area contributed by atoms with Crippen LogP contribution in [0.4, 0.5) is 53.5 Å². The number of unbranched alkanes of at least 4 members (excludes halogenated alkanes) is 2. The molecule has 2 saturated heterocycles. The second kappa shape index (κ2) is 22.9. The third kappa shape index (κ3) is 13.6. The van der Waals surface area contributed by atoms with E-state index < -0.39 is 23.5 Å². The van der Waals surface area contributed by atoms with Crippen LogP contribution in [0, 0.1) is 5.82 Å². The van der Waals surface area contributed by atoms with Crippen molar-refractivity contribution in [3.8, 4) is 22.3 Å². The van der Waals surface area contributed by atoms with Crippen molar-refractivity contribution in [3.05, 3.63) is 155 Å².